The number of aromatic nitrogens is 2. The minimum absolute atomic E-state index is 0.0884. The zero-order chi connectivity index (χ0) is 22.1. The molecule has 1 aromatic carbocycles. The molecule has 32 heavy (non-hydrogen) atoms. The molecule has 3 aromatic rings. The van der Waals surface area contributed by atoms with Crippen LogP contribution in [0.15, 0.2) is 41.5 Å². The van der Waals surface area contributed by atoms with Crippen molar-refractivity contribution in [3.63, 3.8) is 0 Å². The number of aryl methyl sites for hydroxylation is 1. The molecule has 0 unspecified atom stereocenters. The van der Waals surface area contributed by atoms with Crippen molar-refractivity contribution in [3.8, 4) is 11.1 Å². The lowest BCUT2D eigenvalue weighted by Gasteiger charge is -2.57. The SMILES string of the molecule is Cn1cc(-c2cc(NS(=O)(=O)C3COC3)ccc2N2CC3(CCC3)C2)c2cc[nH]c2c1=O. The number of anilines is 2. The standard InChI is InChI=1S/C23H26N4O4S/c1-26-10-19(17-5-8-24-21(17)22(26)28)18-9-15(25-32(29,30)16-11-31-12-16)3-4-20(18)27-13-23(14-27)6-2-7-23/h3-5,8-10,16,24-25H,2,6-7,11-14H2,1H3. The molecule has 0 atom stereocenters. The van der Waals surface area contributed by atoms with E-state index in [9.17, 15) is 13.2 Å². The van der Waals surface area contributed by atoms with E-state index in [1.165, 1.54) is 19.3 Å². The molecule has 3 fully saturated rings. The van der Waals surface area contributed by atoms with Crippen LogP contribution in [0.5, 0.6) is 0 Å². The van der Waals surface area contributed by atoms with Gasteiger partial charge >= 0.3 is 0 Å². The van der Waals surface area contributed by atoms with E-state index in [-0.39, 0.29) is 18.8 Å². The first-order valence-corrected chi connectivity index (χ1v) is 12.6. The van der Waals surface area contributed by atoms with Gasteiger partial charge in [-0.3, -0.25) is 9.52 Å². The molecule has 0 bridgehead atoms. The third-order valence-corrected chi connectivity index (χ3v) is 8.96. The van der Waals surface area contributed by atoms with Gasteiger partial charge < -0.3 is 19.2 Å². The Kier molecular flexibility index (Phi) is 4.26. The van der Waals surface area contributed by atoms with E-state index in [4.69, 9.17) is 4.74 Å². The number of fused-ring (bicyclic) bond motifs is 1. The second-order valence-corrected chi connectivity index (χ2v) is 11.4. The van der Waals surface area contributed by atoms with Crippen LogP contribution in [0.2, 0.25) is 0 Å². The van der Waals surface area contributed by atoms with Gasteiger partial charge in [-0.05, 0) is 37.1 Å². The predicted molar refractivity (Wildman–Crippen MR) is 125 cm³/mol. The van der Waals surface area contributed by atoms with E-state index >= 15 is 0 Å². The first kappa shape index (κ1) is 19.9. The van der Waals surface area contributed by atoms with Crippen molar-refractivity contribution in [1.82, 2.24) is 9.55 Å². The van der Waals surface area contributed by atoms with E-state index in [1.54, 1.807) is 17.8 Å². The average molecular weight is 455 g/mol. The molecule has 2 saturated heterocycles. The number of H-pyrrole nitrogens is 1. The highest BCUT2D eigenvalue weighted by Crippen LogP contribution is 2.51. The predicted octanol–water partition coefficient (Wildman–Crippen LogP) is 2.66. The van der Waals surface area contributed by atoms with E-state index in [0.29, 0.717) is 16.6 Å². The Bertz CT molecular complexity index is 1370. The third-order valence-electron chi connectivity index (χ3n) is 7.29. The van der Waals surface area contributed by atoms with Crippen molar-refractivity contribution < 1.29 is 13.2 Å². The molecule has 2 aliphatic heterocycles. The van der Waals surface area contributed by atoms with Crippen LogP contribution in [0.1, 0.15) is 19.3 Å². The van der Waals surface area contributed by atoms with Crippen LogP contribution in [0.4, 0.5) is 11.4 Å². The number of hydrogen-bond acceptors (Lipinski definition) is 5. The lowest BCUT2D eigenvalue weighted by atomic mass is 9.63. The summed E-state index contributed by atoms with van der Waals surface area (Å²) in [5, 5.41) is 0.314. The molecular weight excluding hydrogens is 428 g/mol. The molecule has 1 aliphatic carbocycles. The molecule has 8 nitrogen and oxygen atoms in total. The first-order chi connectivity index (χ1) is 15.4. The third kappa shape index (κ3) is 2.98. The normalized spacial score (nSPS) is 20.1. The van der Waals surface area contributed by atoms with Gasteiger partial charge in [-0.25, -0.2) is 8.42 Å². The van der Waals surface area contributed by atoms with Crippen LogP contribution in [0.25, 0.3) is 22.0 Å². The fraction of sp³-hybridized carbons (Fsp3) is 0.435. The van der Waals surface area contributed by atoms with Crippen LogP contribution in [-0.4, -0.2) is 49.5 Å². The maximum Gasteiger partial charge on any atom is 0.274 e. The van der Waals surface area contributed by atoms with Crippen molar-refractivity contribution in [1.29, 1.82) is 0 Å². The summed E-state index contributed by atoms with van der Waals surface area (Å²) in [5.74, 6) is 0. The van der Waals surface area contributed by atoms with E-state index < -0.39 is 15.3 Å². The fourth-order valence-electron chi connectivity index (χ4n) is 5.14. The minimum atomic E-state index is -3.51. The Balaban J connectivity index is 1.46. The van der Waals surface area contributed by atoms with Gasteiger partial charge in [0.1, 0.15) is 10.8 Å². The molecule has 0 amide bonds. The summed E-state index contributed by atoms with van der Waals surface area (Å²) in [7, 11) is -1.77. The summed E-state index contributed by atoms with van der Waals surface area (Å²) < 4.78 is 34.7. The van der Waals surface area contributed by atoms with Crippen molar-refractivity contribution in [2.75, 3.05) is 35.9 Å². The van der Waals surface area contributed by atoms with Crippen LogP contribution >= 0.6 is 0 Å². The topological polar surface area (TPSA) is 96.4 Å². The number of nitrogens with one attached hydrogen (secondary N) is 2. The van der Waals surface area contributed by atoms with Crippen molar-refractivity contribution in [3.05, 3.63) is 47.0 Å². The zero-order valence-corrected chi connectivity index (χ0v) is 18.7. The van der Waals surface area contributed by atoms with Gasteiger partial charge in [0.15, 0.2) is 0 Å². The Hall–Kier alpha value is -2.78. The number of pyridine rings is 1. The van der Waals surface area contributed by atoms with Crippen molar-refractivity contribution in [2.24, 2.45) is 12.5 Å². The van der Waals surface area contributed by atoms with Crippen molar-refractivity contribution >= 4 is 32.3 Å². The lowest BCUT2D eigenvalue weighted by Crippen LogP contribution is -2.60. The maximum absolute atomic E-state index is 12.7. The second-order valence-electron chi connectivity index (χ2n) is 9.47. The molecule has 3 aliphatic rings. The summed E-state index contributed by atoms with van der Waals surface area (Å²) in [5.41, 5.74) is 4.33. The lowest BCUT2D eigenvalue weighted by molar-refractivity contribution is 0.0418. The number of hydrogen-bond donors (Lipinski definition) is 2. The Morgan fingerprint density at radius 2 is 1.94 bits per heavy atom. The summed E-state index contributed by atoms with van der Waals surface area (Å²) in [6, 6.07) is 7.63. The zero-order valence-electron chi connectivity index (χ0n) is 17.9. The molecule has 1 saturated carbocycles. The monoisotopic (exact) mass is 454 g/mol. The Labute approximate surface area is 186 Å². The van der Waals surface area contributed by atoms with Gasteiger partial charge in [0.05, 0.1) is 13.2 Å². The van der Waals surface area contributed by atoms with Crippen LogP contribution in [-0.2, 0) is 21.8 Å². The molecule has 0 radical (unpaired) electrons. The van der Waals surface area contributed by atoms with Crippen molar-refractivity contribution in [2.45, 2.75) is 24.5 Å². The second kappa shape index (κ2) is 6.86. The number of rotatable bonds is 5. The molecule has 168 valence electrons. The smallest absolute Gasteiger partial charge is 0.274 e. The summed E-state index contributed by atoms with van der Waals surface area (Å²) in [6.07, 6.45) is 7.47. The number of ether oxygens (including phenoxy) is 1. The molecule has 2 aromatic heterocycles. The molecule has 2 N–H and O–H groups in total. The van der Waals surface area contributed by atoms with Gasteiger partial charge in [-0.2, -0.15) is 0 Å². The number of sulfonamides is 1. The summed E-state index contributed by atoms with van der Waals surface area (Å²) >= 11 is 0. The maximum atomic E-state index is 12.7. The molecule has 1 spiro atoms. The van der Waals surface area contributed by atoms with Gasteiger partial charge in [0.2, 0.25) is 10.0 Å². The quantitative estimate of drug-likeness (QED) is 0.618. The highest BCUT2D eigenvalue weighted by atomic mass is 32.2. The van der Waals surface area contributed by atoms with Gasteiger partial charge in [0.25, 0.3) is 5.56 Å². The van der Waals surface area contributed by atoms with Gasteiger partial charge in [-0.1, -0.05) is 6.42 Å². The van der Waals surface area contributed by atoms with E-state index in [0.717, 1.165) is 35.3 Å². The highest BCUT2D eigenvalue weighted by molar-refractivity contribution is 7.93. The van der Waals surface area contributed by atoms with E-state index in [1.807, 2.05) is 30.5 Å². The van der Waals surface area contributed by atoms with Gasteiger partial charge in [-0.15, -0.1) is 0 Å². The molecule has 9 heteroatoms. The molecule has 6 rings (SSSR count). The highest BCUT2D eigenvalue weighted by Gasteiger charge is 2.47. The fourth-order valence-corrected chi connectivity index (χ4v) is 6.32. The molecular formula is C23H26N4O4S. The first-order valence-electron chi connectivity index (χ1n) is 11.0. The van der Waals surface area contributed by atoms with Gasteiger partial charge in [0, 0.05) is 65.8 Å². The van der Waals surface area contributed by atoms with Crippen LogP contribution < -0.4 is 15.2 Å². The Morgan fingerprint density at radius 1 is 1.16 bits per heavy atom. The van der Waals surface area contributed by atoms with Crippen LogP contribution in [0, 0.1) is 5.41 Å². The number of nitrogens with zero attached hydrogens (tertiary/aromatic N) is 2. The largest absolute Gasteiger partial charge is 0.378 e. The summed E-state index contributed by atoms with van der Waals surface area (Å²) in [4.78, 5) is 18.0. The Morgan fingerprint density at radius 3 is 2.59 bits per heavy atom. The van der Waals surface area contributed by atoms with Crippen LogP contribution in [0.3, 0.4) is 0 Å². The van der Waals surface area contributed by atoms with E-state index in [2.05, 4.69) is 14.6 Å². The average Bonchev–Trinajstić information content (AvgIpc) is 3.11. The molecule has 4 heterocycles. The minimum Gasteiger partial charge on any atom is -0.378 e. The summed E-state index contributed by atoms with van der Waals surface area (Å²) in [6.45, 7) is 2.49. The number of benzene rings is 1. The number of aromatic amines is 1.